The van der Waals surface area contributed by atoms with Gasteiger partial charge in [-0.2, -0.15) is 0 Å². The van der Waals surface area contributed by atoms with Crippen LogP contribution in [0.25, 0.3) is 16.7 Å². The molecule has 3 aromatic rings. The van der Waals surface area contributed by atoms with E-state index < -0.39 is 0 Å². The summed E-state index contributed by atoms with van der Waals surface area (Å²) in [6.45, 7) is 6.68. The second-order valence-corrected chi connectivity index (χ2v) is 7.87. The van der Waals surface area contributed by atoms with Crippen LogP contribution in [0.3, 0.4) is 0 Å². The van der Waals surface area contributed by atoms with Crippen LogP contribution in [0.1, 0.15) is 43.5 Å². The second-order valence-electron chi connectivity index (χ2n) is 7.87. The number of piperidine rings is 1. The highest BCUT2D eigenvalue weighted by Crippen LogP contribution is 2.24. The fraction of sp³-hybridized carbons (Fsp3) is 0.391. The zero-order valence-electron chi connectivity index (χ0n) is 16.1. The number of para-hydroxylation sites is 2. The highest BCUT2D eigenvalue weighted by atomic mass is 16.1. The molecule has 1 fully saturated rings. The summed E-state index contributed by atoms with van der Waals surface area (Å²) in [6.07, 6.45) is 4.84. The van der Waals surface area contributed by atoms with Crippen molar-refractivity contribution in [2.75, 3.05) is 13.1 Å². The minimum atomic E-state index is 0.257. The van der Waals surface area contributed by atoms with Gasteiger partial charge in [0.15, 0.2) is 5.78 Å². The van der Waals surface area contributed by atoms with E-state index in [0.29, 0.717) is 18.4 Å². The molecule has 4 heteroatoms. The van der Waals surface area contributed by atoms with Gasteiger partial charge < -0.3 is 4.90 Å². The first-order valence-electron chi connectivity index (χ1n) is 9.91. The molecular weight excluding hydrogens is 334 g/mol. The number of carbonyl (C=O) groups is 1. The smallest absolute Gasteiger partial charge is 0.163 e. The van der Waals surface area contributed by atoms with Crippen molar-refractivity contribution >= 4 is 16.8 Å². The molecule has 0 N–H and O–H groups in total. The number of rotatable bonds is 5. The number of nitrogens with zero attached hydrogens (tertiary/aromatic N) is 3. The van der Waals surface area contributed by atoms with Crippen molar-refractivity contribution < 1.29 is 4.79 Å². The Morgan fingerprint density at radius 1 is 1.15 bits per heavy atom. The molecule has 0 saturated carbocycles. The molecule has 4 rings (SSSR count). The number of imidazole rings is 1. The zero-order chi connectivity index (χ0) is 18.8. The van der Waals surface area contributed by atoms with E-state index in [1.807, 2.05) is 48.8 Å². The number of hydrogen-bond donors (Lipinski definition) is 0. The molecular formula is C23H27N3O. The Kier molecular flexibility index (Phi) is 5.08. The number of likely N-dealkylation sites (tertiary alicyclic amines) is 1. The van der Waals surface area contributed by atoms with Gasteiger partial charge in [0, 0.05) is 30.3 Å². The Balaban J connectivity index is 1.46. The number of carbonyl (C=O) groups excluding carboxylic acids is 1. The lowest BCUT2D eigenvalue weighted by Crippen LogP contribution is -2.40. The molecule has 1 aliphatic heterocycles. The summed E-state index contributed by atoms with van der Waals surface area (Å²) in [5.74, 6) is 0.735. The van der Waals surface area contributed by atoms with Crippen molar-refractivity contribution in [3.05, 3.63) is 60.4 Å². The Morgan fingerprint density at radius 3 is 2.70 bits per heavy atom. The summed E-state index contributed by atoms with van der Waals surface area (Å²) >= 11 is 0. The molecule has 0 bridgehead atoms. The molecule has 0 unspecified atom stereocenters. The number of benzene rings is 2. The van der Waals surface area contributed by atoms with Gasteiger partial charge in [-0.3, -0.25) is 9.36 Å². The standard InChI is InChI=1S/C23H27N3O/c1-17(2)25-13-5-6-18(15-25)14-23(27)19-9-11-20(12-10-19)26-16-24-21-7-3-4-8-22(21)26/h3-4,7-12,16-18H,5-6,13-15H2,1-2H3/t18-/m0/s1. The van der Waals surface area contributed by atoms with Crippen LogP contribution in [0.2, 0.25) is 0 Å². The lowest BCUT2D eigenvalue weighted by Gasteiger charge is -2.35. The van der Waals surface area contributed by atoms with Gasteiger partial charge in [-0.1, -0.05) is 12.1 Å². The van der Waals surface area contributed by atoms with Crippen molar-refractivity contribution in [1.29, 1.82) is 0 Å². The van der Waals surface area contributed by atoms with E-state index in [0.717, 1.165) is 41.8 Å². The third-order valence-electron chi connectivity index (χ3n) is 5.68. The Labute approximate surface area is 160 Å². The number of ketones is 1. The lowest BCUT2D eigenvalue weighted by atomic mass is 9.90. The maximum Gasteiger partial charge on any atom is 0.163 e. The van der Waals surface area contributed by atoms with Crippen molar-refractivity contribution in [3.63, 3.8) is 0 Å². The number of hydrogen-bond acceptors (Lipinski definition) is 3. The SMILES string of the molecule is CC(C)N1CCC[C@@H](CC(=O)c2ccc(-n3cnc4ccccc43)cc2)C1. The van der Waals surface area contributed by atoms with Gasteiger partial charge in [0.05, 0.1) is 11.0 Å². The van der Waals surface area contributed by atoms with Crippen LogP contribution in [0.5, 0.6) is 0 Å². The second kappa shape index (κ2) is 7.65. The van der Waals surface area contributed by atoms with Crippen molar-refractivity contribution in [1.82, 2.24) is 14.5 Å². The third-order valence-corrected chi connectivity index (χ3v) is 5.68. The molecule has 1 atom stereocenters. The van der Waals surface area contributed by atoms with E-state index in [-0.39, 0.29) is 5.78 Å². The van der Waals surface area contributed by atoms with Crippen molar-refractivity contribution in [2.45, 2.75) is 39.2 Å². The van der Waals surface area contributed by atoms with E-state index >= 15 is 0 Å². The first kappa shape index (κ1) is 17.9. The van der Waals surface area contributed by atoms with Gasteiger partial charge in [0.25, 0.3) is 0 Å². The molecule has 4 nitrogen and oxygen atoms in total. The van der Waals surface area contributed by atoms with Gasteiger partial charge in [-0.05, 0) is 75.5 Å². The number of fused-ring (bicyclic) bond motifs is 1. The zero-order valence-corrected chi connectivity index (χ0v) is 16.1. The molecule has 2 heterocycles. The minimum Gasteiger partial charge on any atom is -0.301 e. The van der Waals surface area contributed by atoms with Crippen LogP contribution in [-0.4, -0.2) is 39.4 Å². The maximum atomic E-state index is 12.8. The van der Waals surface area contributed by atoms with Gasteiger partial charge in [0.2, 0.25) is 0 Å². The van der Waals surface area contributed by atoms with Crippen LogP contribution >= 0.6 is 0 Å². The molecule has 0 aliphatic carbocycles. The molecule has 2 aromatic carbocycles. The highest BCUT2D eigenvalue weighted by molar-refractivity contribution is 5.96. The quantitative estimate of drug-likeness (QED) is 0.617. The Hall–Kier alpha value is -2.46. The minimum absolute atomic E-state index is 0.257. The predicted octanol–water partition coefficient (Wildman–Crippen LogP) is 4.72. The number of aromatic nitrogens is 2. The van der Waals surface area contributed by atoms with E-state index in [4.69, 9.17) is 0 Å². The molecule has 27 heavy (non-hydrogen) atoms. The van der Waals surface area contributed by atoms with Gasteiger partial charge in [0.1, 0.15) is 6.33 Å². The largest absolute Gasteiger partial charge is 0.301 e. The van der Waals surface area contributed by atoms with E-state index in [9.17, 15) is 4.79 Å². The molecule has 1 saturated heterocycles. The fourth-order valence-corrected chi connectivity index (χ4v) is 4.09. The van der Waals surface area contributed by atoms with Gasteiger partial charge in [-0.25, -0.2) is 4.98 Å². The summed E-state index contributed by atoms with van der Waals surface area (Å²) in [5.41, 5.74) is 3.89. The molecule has 0 amide bonds. The third kappa shape index (κ3) is 3.81. The summed E-state index contributed by atoms with van der Waals surface area (Å²) in [7, 11) is 0. The van der Waals surface area contributed by atoms with Crippen molar-refractivity contribution in [3.8, 4) is 5.69 Å². The average molecular weight is 361 g/mol. The number of Topliss-reactive ketones (excluding diaryl/α,β-unsaturated/α-hetero) is 1. The lowest BCUT2D eigenvalue weighted by molar-refractivity contribution is 0.0890. The first-order valence-corrected chi connectivity index (χ1v) is 9.91. The summed E-state index contributed by atoms with van der Waals surface area (Å²) in [5, 5.41) is 0. The molecule has 140 valence electrons. The van der Waals surface area contributed by atoms with E-state index in [2.05, 4.69) is 34.4 Å². The van der Waals surface area contributed by atoms with Crippen LogP contribution in [0, 0.1) is 5.92 Å². The summed E-state index contributed by atoms with van der Waals surface area (Å²) in [4.78, 5) is 19.7. The van der Waals surface area contributed by atoms with E-state index in [1.54, 1.807) is 0 Å². The Morgan fingerprint density at radius 2 is 1.93 bits per heavy atom. The predicted molar refractivity (Wildman–Crippen MR) is 109 cm³/mol. The van der Waals surface area contributed by atoms with Crippen LogP contribution in [0.15, 0.2) is 54.9 Å². The summed E-state index contributed by atoms with van der Waals surface area (Å²) in [6, 6.07) is 16.6. The van der Waals surface area contributed by atoms with Crippen molar-refractivity contribution in [2.24, 2.45) is 5.92 Å². The molecule has 1 aromatic heterocycles. The van der Waals surface area contributed by atoms with E-state index in [1.165, 1.54) is 6.42 Å². The van der Waals surface area contributed by atoms with Gasteiger partial charge in [-0.15, -0.1) is 0 Å². The average Bonchev–Trinajstić information content (AvgIpc) is 3.12. The first-order chi connectivity index (χ1) is 13.1. The van der Waals surface area contributed by atoms with Crippen LogP contribution in [0.4, 0.5) is 0 Å². The van der Waals surface area contributed by atoms with Crippen LogP contribution < -0.4 is 0 Å². The van der Waals surface area contributed by atoms with Gasteiger partial charge >= 0.3 is 0 Å². The Bertz CT molecular complexity index is 926. The fourth-order valence-electron chi connectivity index (χ4n) is 4.09. The van der Waals surface area contributed by atoms with Crippen LogP contribution in [-0.2, 0) is 0 Å². The maximum absolute atomic E-state index is 12.8. The summed E-state index contributed by atoms with van der Waals surface area (Å²) < 4.78 is 2.06. The molecule has 1 aliphatic rings. The normalized spacial score (nSPS) is 18.3. The highest BCUT2D eigenvalue weighted by Gasteiger charge is 2.24. The monoisotopic (exact) mass is 361 g/mol. The molecule has 0 radical (unpaired) electrons. The topological polar surface area (TPSA) is 38.1 Å². The molecule has 0 spiro atoms.